The highest BCUT2D eigenvalue weighted by atomic mass is 19.1. The van der Waals surface area contributed by atoms with E-state index in [4.69, 9.17) is 10.5 Å². The van der Waals surface area contributed by atoms with Gasteiger partial charge < -0.3 is 15.8 Å². The van der Waals surface area contributed by atoms with Gasteiger partial charge in [-0.1, -0.05) is 6.92 Å². The Kier molecular flexibility index (Phi) is 4.48. The number of pyridine rings is 1. The van der Waals surface area contributed by atoms with Crippen LogP contribution in [0.3, 0.4) is 0 Å². The number of primary amides is 1. The molecule has 24 heavy (non-hydrogen) atoms. The lowest BCUT2D eigenvalue weighted by Crippen LogP contribution is -2.35. The lowest BCUT2D eigenvalue weighted by molar-refractivity contribution is -0.0389. The van der Waals surface area contributed by atoms with Gasteiger partial charge in [0, 0.05) is 30.8 Å². The van der Waals surface area contributed by atoms with Crippen LogP contribution < -0.4 is 11.1 Å². The van der Waals surface area contributed by atoms with Crippen LogP contribution in [0, 0.1) is 11.9 Å². The molecule has 1 fully saturated rings. The summed E-state index contributed by atoms with van der Waals surface area (Å²) in [5.41, 5.74) is 6.15. The molecule has 128 valence electrons. The number of amides is 1. The van der Waals surface area contributed by atoms with Crippen LogP contribution in [0.5, 0.6) is 0 Å². The maximum Gasteiger partial charge on any atom is 0.254 e. The number of ether oxygens (including phenoxy) is 1. The fourth-order valence-corrected chi connectivity index (χ4v) is 3.08. The molecule has 1 aliphatic heterocycles. The van der Waals surface area contributed by atoms with Gasteiger partial charge in [-0.25, -0.2) is 4.98 Å². The topological polar surface area (TPSA) is 95.1 Å². The Bertz CT molecular complexity index is 738. The molecular weight excluding hydrogens is 313 g/mol. The highest BCUT2D eigenvalue weighted by molar-refractivity contribution is 5.98. The van der Waals surface area contributed by atoms with Crippen LogP contribution in [-0.2, 0) is 4.74 Å². The molecule has 7 nitrogen and oxygen atoms in total. The monoisotopic (exact) mass is 333 g/mol. The quantitative estimate of drug-likeness (QED) is 0.837. The zero-order chi connectivity index (χ0) is 17.3. The molecule has 0 saturated carbocycles. The second-order valence-corrected chi connectivity index (χ2v) is 6.06. The Morgan fingerprint density at radius 3 is 2.96 bits per heavy atom. The van der Waals surface area contributed by atoms with Crippen molar-refractivity contribution in [1.29, 1.82) is 0 Å². The first-order chi connectivity index (χ1) is 11.5. The van der Waals surface area contributed by atoms with Gasteiger partial charge in [0.2, 0.25) is 5.95 Å². The number of nitrogens with zero attached hydrogens (tertiary/aromatic N) is 3. The van der Waals surface area contributed by atoms with Gasteiger partial charge in [-0.3, -0.25) is 9.48 Å². The van der Waals surface area contributed by atoms with E-state index in [-0.39, 0.29) is 23.5 Å². The number of carbonyl (C=O) groups excluding carboxylic acids is 1. The first-order valence-electron chi connectivity index (χ1n) is 7.85. The number of nitrogens with two attached hydrogens (primary N) is 1. The number of nitrogens with one attached hydrogen (secondary N) is 1. The number of carbonyl (C=O) groups is 1. The molecule has 1 saturated heterocycles. The molecule has 3 rings (SSSR count). The fourth-order valence-electron chi connectivity index (χ4n) is 3.08. The third-order valence-electron chi connectivity index (χ3n) is 4.31. The van der Waals surface area contributed by atoms with Crippen LogP contribution in [0.2, 0.25) is 0 Å². The number of hydrogen-bond acceptors (Lipinski definition) is 5. The van der Waals surface area contributed by atoms with Gasteiger partial charge >= 0.3 is 0 Å². The number of hydrogen-bond donors (Lipinski definition) is 2. The smallest absolute Gasteiger partial charge is 0.254 e. The number of rotatable bonds is 4. The van der Waals surface area contributed by atoms with Crippen LogP contribution in [0.4, 0.5) is 15.9 Å². The Hall–Kier alpha value is -2.48. The Labute approximate surface area is 139 Å². The van der Waals surface area contributed by atoms with E-state index in [0.29, 0.717) is 18.2 Å². The molecule has 2 aromatic heterocycles. The standard InChI is InChI=1S/C16H20FN5O2/c1-9-4-6-24-10(2)14(9)22-8-12(15(18)23)16(21-22)20-11-3-5-19-13(17)7-11/h3,5,7-10,14H,4,6H2,1-2H3,(H2,18,23)(H,19,20,21)/t9-,10-,14+/m1/s1. The normalized spacial score (nSPS) is 23.9. The van der Waals surface area contributed by atoms with Gasteiger partial charge in [0.05, 0.1) is 12.1 Å². The fraction of sp³-hybridized carbons (Fsp3) is 0.438. The van der Waals surface area contributed by atoms with Crippen LogP contribution in [-0.4, -0.2) is 33.4 Å². The molecule has 3 atom stereocenters. The van der Waals surface area contributed by atoms with E-state index < -0.39 is 11.9 Å². The van der Waals surface area contributed by atoms with E-state index in [2.05, 4.69) is 22.3 Å². The van der Waals surface area contributed by atoms with Gasteiger partial charge in [0.1, 0.15) is 5.56 Å². The summed E-state index contributed by atoms with van der Waals surface area (Å²) in [5.74, 6) is -0.586. The summed E-state index contributed by atoms with van der Waals surface area (Å²) in [5, 5.41) is 7.39. The third kappa shape index (κ3) is 3.23. The van der Waals surface area contributed by atoms with Crippen molar-refractivity contribution in [2.24, 2.45) is 11.7 Å². The summed E-state index contributed by atoms with van der Waals surface area (Å²) in [6.45, 7) is 4.82. The van der Waals surface area contributed by atoms with Crippen LogP contribution >= 0.6 is 0 Å². The minimum atomic E-state index is -0.622. The summed E-state index contributed by atoms with van der Waals surface area (Å²) < 4.78 is 20.7. The predicted octanol–water partition coefficient (Wildman–Crippen LogP) is 2.25. The zero-order valence-electron chi connectivity index (χ0n) is 13.6. The lowest BCUT2D eigenvalue weighted by Gasteiger charge is -2.34. The van der Waals surface area contributed by atoms with Gasteiger partial charge in [0.15, 0.2) is 5.82 Å². The predicted molar refractivity (Wildman–Crippen MR) is 86.5 cm³/mol. The van der Waals surface area contributed by atoms with Crippen molar-refractivity contribution in [3.05, 3.63) is 36.0 Å². The van der Waals surface area contributed by atoms with Crippen molar-refractivity contribution in [1.82, 2.24) is 14.8 Å². The van der Waals surface area contributed by atoms with E-state index in [9.17, 15) is 9.18 Å². The van der Waals surface area contributed by atoms with Gasteiger partial charge in [-0.2, -0.15) is 9.49 Å². The van der Waals surface area contributed by atoms with Gasteiger partial charge in [-0.15, -0.1) is 0 Å². The molecule has 0 radical (unpaired) electrons. The van der Waals surface area contributed by atoms with Gasteiger partial charge in [0.25, 0.3) is 5.91 Å². The van der Waals surface area contributed by atoms with Gasteiger partial charge in [-0.05, 0) is 25.3 Å². The van der Waals surface area contributed by atoms with E-state index in [0.717, 1.165) is 6.42 Å². The lowest BCUT2D eigenvalue weighted by atomic mass is 9.92. The highest BCUT2D eigenvalue weighted by Gasteiger charge is 2.32. The van der Waals surface area contributed by atoms with E-state index in [1.165, 1.54) is 12.3 Å². The Morgan fingerprint density at radius 2 is 2.29 bits per heavy atom. The van der Waals surface area contributed by atoms with Crippen molar-refractivity contribution in [3.8, 4) is 0 Å². The largest absolute Gasteiger partial charge is 0.376 e. The average Bonchev–Trinajstić information content (AvgIpc) is 2.91. The molecule has 1 amide bonds. The summed E-state index contributed by atoms with van der Waals surface area (Å²) >= 11 is 0. The van der Waals surface area contributed by atoms with Crippen LogP contribution in [0.25, 0.3) is 0 Å². The molecular formula is C16H20FN5O2. The maximum absolute atomic E-state index is 13.2. The summed E-state index contributed by atoms with van der Waals surface area (Å²) in [6, 6.07) is 2.81. The van der Waals surface area contributed by atoms with Crippen molar-refractivity contribution in [2.75, 3.05) is 11.9 Å². The van der Waals surface area contributed by atoms with Crippen LogP contribution in [0.15, 0.2) is 24.5 Å². The number of halogens is 1. The number of aromatic nitrogens is 3. The zero-order valence-corrected chi connectivity index (χ0v) is 13.6. The molecule has 0 aliphatic carbocycles. The minimum absolute atomic E-state index is 0.00146. The summed E-state index contributed by atoms with van der Waals surface area (Å²) in [6.07, 6.45) is 3.84. The molecule has 0 bridgehead atoms. The maximum atomic E-state index is 13.2. The second kappa shape index (κ2) is 6.56. The molecule has 3 N–H and O–H groups in total. The third-order valence-corrected chi connectivity index (χ3v) is 4.31. The van der Waals surface area contributed by atoms with Crippen molar-refractivity contribution >= 4 is 17.4 Å². The average molecular weight is 333 g/mol. The van der Waals surface area contributed by atoms with E-state index in [1.807, 2.05) is 6.92 Å². The Morgan fingerprint density at radius 1 is 1.50 bits per heavy atom. The minimum Gasteiger partial charge on any atom is -0.376 e. The number of anilines is 2. The molecule has 8 heteroatoms. The summed E-state index contributed by atoms with van der Waals surface area (Å²) in [4.78, 5) is 15.2. The van der Waals surface area contributed by atoms with E-state index >= 15 is 0 Å². The molecule has 0 unspecified atom stereocenters. The molecule has 1 aliphatic rings. The first-order valence-corrected chi connectivity index (χ1v) is 7.85. The van der Waals surface area contributed by atoms with Crippen molar-refractivity contribution < 1.29 is 13.9 Å². The van der Waals surface area contributed by atoms with E-state index in [1.54, 1.807) is 16.9 Å². The Balaban J connectivity index is 1.94. The van der Waals surface area contributed by atoms with Crippen molar-refractivity contribution in [3.63, 3.8) is 0 Å². The molecule has 3 heterocycles. The second-order valence-electron chi connectivity index (χ2n) is 6.06. The first kappa shape index (κ1) is 16.4. The molecule has 0 aromatic carbocycles. The summed E-state index contributed by atoms with van der Waals surface area (Å²) in [7, 11) is 0. The molecule has 2 aromatic rings. The highest BCUT2D eigenvalue weighted by Crippen LogP contribution is 2.32. The molecule has 0 spiro atoms. The van der Waals surface area contributed by atoms with Crippen molar-refractivity contribution in [2.45, 2.75) is 32.4 Å². The van der Waals surface area contributed by atoms with Crippen LogP contribution in [0.1, 0.15) is 36.7 Å². The SMILES string of the molecule is C[C@@H]1CCO[C@H](C)[C@H]1n1cc(C(N)=O)c(Nc2ccnc(F)c2)n1.